The lowest BCUT2D eigenvalue weighted by molar-refractivity contribution is 0.0779. The maximum Gasteiger partial charge on any atom is 0.272 e. The van der Waals surface area contributed by atoms with Crippen LogP contribution in [-0.2, 0) is 6.54 Å². The zero-order chi connectivity index (χ0) is 19.4. The van der Waals surface area contributed by atoms with Crippen LogP contribution >= 0.6 is 0 Å². The maximum absolute atomic E-state index is 12.8. The normalized spacial score (nSPS) is 10.5. The molecule has 0 saturated heterocycles. The van der Waals surface area contributed by atoms with Crippen molar-refractivity contribution in [1.82, 2.24) is 14.9 Å². The summed E-state index contributed by atoms with van der Waals surface area (Å²) in [5, 5.41) is 3.22. The van der Waals surface area contributed by atoms with E-state index in [1.807, 2.05) is 63.2 Å². The number of benzene rings is 2. The molecule has 138 valence electrons. The van der Waals surface area contributed by atoms with Crippen LogP contribution in [0, 0.1) is 20.8 Å². The van der Waals surface area contributed by atoms with Gasteiger partial charge in [-0.05, 0) is 55.7 Å². The van der Waals surface area contributed by atoms with Gasteiger partial charge in [0.2, 0.25) is 5.95 Å². The molecule has 1 N–H and O–H groups in total. The van der Waals surface area contributed by atoms with E-state index in [0.29, 0.717) is 18.2 Å². The van der Waals surface area contributed by atoms with Gasteiger partial charge in [0.15, 0.2) is 0 Å². The van der Waals surface area contributed by atoms with Crippen LogP contribution in [0.3, 0.4) is 0 Å². The van der Waals surface area contributed by atoms with E-state index >= 15 is 0 Å². The van der Waals surface area contributed by atoms with Gasteiger partial charge in [0.1, 0.15) is 5.69 Å². The van der Waals surface area contributed by atoms with Crippen molar-refractivity contribution in [1.29, 1.82) is 0 Å². The highest BCUT2D eigenvalue weighted by atomic mass is 16.2. The molecule has 0 fully saturated rings. The SMILES string of the molecule is Cc1cc(C)cc(Nc2nc(C)cc(C(=O)N(C)Cc3ccccc3)n2)c1. The van der Waals surface area contributed by atoms with Crippen molar-refractivity contribution in [2.24, 2.45) is 0 Å². The lowest BCUT2D eigenvalue weighted by Crippen LogP contribution is -2.27. The Morgan fingerprint density at radius 2 is 1.63 bits per heavy atom. The Hall–Kier alpha value is -3.21. The third-order valence-corrected chi connectivity index (χ3v) is 4.16. The molecule has 3 aromatic rings. The standard InChI is InChI=1S/C22H24N4O/c1-15-10-16(2)12-19(11-15)24-22-23-17(3)13-20(25-22)21(27)26(4)14-18-8-6-5-7-9-18/h5-13H,14H2,1-4H3,(H,23,24,25). The van der Waals surface area contributed by atoms with E-state index < -0.39 is 0 Å². The van der Waals surface area contributed by atoms with Gasteiger partial charge in [-0.1, -0.05) is 36.4 Å². The van der Waals surface area contributed by atoms with Crippen LogP contribution in [0.4, 0.5) is 11.6 Å². The number of hydrogen-bond donors (Lipinski definition) is 1. The fourth-order valence-corrected chi connectivity index (χ4v) is 3.03. The Balaban J connectivity index is 1.80. The molecule has 27 heavy (non-hydrogen) atoms. The average molecular weight is 360 g/mol. The number of aryl methyl sites for hydroxylation is 3. The van der Waals surface area contributed by atoms with Crippen molar-refractivity contribution in [2.75, 3.05) is 12.4 Å². The van der Waals surface area contributed by atoms with Crippen molar-refractivity contribution < 1.29 is 4.79 Å². The van der Waals surface area contributed by atoms with Crippen LogP contribution < -0.4 is 5.32 Å². The van der Waals surface area contributed by atoms with Gasteiger partial charge in [0.25, 0.3) is 5.91 Å². The van der Waals surface area contributed by atoms with Gasteiger partial charge in [-0.3, -0.25) is 4.79 Å². The fourth-order valence-electron chi connectivity index (χ4n) is 3.03. The first-order valence-electron chi connectivity index (χ1n) is 8.91. The van der Waals surface area contributed by atoms with E-state index in [1.54, 1.807) is 18.0 Å². The van der Waals surface area contributed by atoms with Gasteiger partial charge in [0, 0.05) is 25.0 Å². The highest BCUT2D eigenvalue weighted by molar-refractivity contribution is 5.92. The second-order valence-electron chi connectivity index (χ2n) is 6.87. The third kappa shape index (κ3) is 4.91. The van der Waals surface area contributed by atoms with E-state index in [1.165, 1.54) is 0 Å². The van der Waals surface area contributed by atoms with E-state index in [9.17, 15) is 4.79 Å². The van der Waals surface area contributed by atoms with Gasteiger partial charge in [-0.2, -0.15) is 0 Å². The van der Waals surface area contributed by atoms with Crippen LogP contribution in [0.2, 0.25) is 0 Å². The Kier molecular flexibility index (Phi) is 5.50. The second-order valence-corrected chi connectivity index (χ2v) is 6.87. The first-order valence-corrected chi connectivity index (χ1v) is 8.91. The molecule has 0 aliphatic heterocycles. The predicted octanol–water partition coefficient (Wildman–Crippen LogP) is 4.42. The number of rotatable bonds is 5. The highest BCUT2D eigenvalue weighted by Crippen LogP contribution is 2.18. The number of carbonyl (C=O) groups is 1. The number of aromatic nitrogens is 2. The molecule has 1 heterocycles. The Morgan fingerprint density at radius 1 is 0.963 bits per heavy atom. The Labute approximate surface area is 160 Å². The molecule has 0 saturated carbocycles. The minimum Gasteiger partial charge on any atom is -0.336 e. The van der Waals surface area contributed by atoms with Crippen LogP contribution in [0.25, 0.3) is 0 Å². The topological polar surface area (TPSA) is 58.1 Å². The third-order valence-electron chi connectivity index (χ3n) is 4.16. The molecule has 0 unspecified atom stereocenters. The first-order chi connectivity index (χ1) is 12.9. The minimum atomic E-state index is -0.132. The van der Waals surface area contributed by atoms with Crippen LogP contribution in [0.15, 0.2) is 54.6 Å². The summed E-state index contributed by atoms with van der Waals surface area (Å²) in [5.41, 5.74) is 5.43. The fraction of sp³-hybridized carbons (Fsp3) is 0.227. The van der Waals surface area contributed by atoms with Gasteiger partial charge < -0.3 is 10.2 Å². The molecule has 3 rings (SSSR count). The molecule has 0 radical (unpaired) electrons. The summed E-state index contributed by atoms with van der Waals surface area (Å²) in [6, 6.07) is 17.8. The maximum atomic E-state index is 12.8. The molecule has 0 aliphatic rings. The molecule has 5 heteroatoms. The average Bonchev–Trinajstić information content (AvgIpc) is 2.60. The Morgan fingerprint density at radius 3 is 2.30 bits per heavy atom. The zero-order valence-electron chi connectivity index (χ0n) is 16.2. The minimum absolute atomic E-state index is 0.132. The molecule has 0 spiro atoms. The van der Waals surface area contributed by atoms with Crippen molar-refractivity contribution in [3.63, 3.8) is 0 Å². The predicted molar refractivity (Wildman–Crippen MR) is 108 cm³/mol. The summed E-state index contributed by atoms with van der Waals surface area (Å²) < 4.78 is 0. The molecular weight excluding hydrogens is 336 g/mol. The summed E-state index contributed by atoms with van der Waals surface area (Å²) in [6.45, 7) is 6.48. The van der Waals surface area contributed by atoms with Crippen molar-refractivity contribution in [3.05, 3.63) is 82.7 Å². The van der Waals surface area contributed by atoms with Crippen LogP contribution in [0.5, 0.6) is 0 Å². The lowest BCUT2D eigenvalue weighted by atomic mass is 10.1. The monoisotopic (exact) mass is 360 g/mol. The van der Waals surface area contributed by atoms with Crippen LogP contribution in [-0.4, -0.2) is 27.8 Å². The number of hydrogen-bond acceptors (Lipinski definition) is 4. The Bertz CT molecular complexity index is 934. The highest BCUT2D eigenvalue weighted by Gasteiger charge is 2.16. The van der Waals surface area contributed by atoms with Gasteiger partial charge >= 0.3 is 0 Å². The summed E-state index contributed by atoms with van der Waals surface area (Å²) in [4.78, 5) is 23.3. The van der Waals surface area contributed by atoms with E-state index in [4.69, 9.17) is 0 Å². The number of nitrogens with one attached hydrogen (secondary N) is 1. The summed E-state index contributed by atoms with van der Waals surface area (Å²) in [5.74, 6) is 0.296. The second kappa shape index (κ2) is 7.99. The summed E-state index contributed by atoms with van der Waals surface area (Å²) >= 11 is 0. The van der Waals surface area contributed by atoms with E-state index in [0.717, 1.165) is 28.1 Å². The first kappa shape index (κ1) is 18.6. The molecule has 0 aliphatic carbocycles. The molecule has 2 aromatic carbocycles. The van der Waals surface area contributed by atoms with E-state index in [-0.39, 0.29) is 5.91 Å². The summed E-state index contributed by atoms with van der Waals surface area (Å²) in [7, 11) is 1.78. The molecule has 1 aromatic heterocycles. The van der Waals surface area contributed by atoms with Gasteiger partial charge in [0.05, 0.1) is 0 Å². The van der Waals surface area contributed by atoms with Crippen molar-refractivity contribution >= 4 is 17.5 Å². The van der Waals surface area contributed by atoms with Crippen molar-refractivity contribution in [2.45, 2.75) is 27.3 Å². The quantitative estimate of drug-likeness (QED) is 0.732. The number of amides is 1. The smallest absolute Gasteiger partial charge is 0.272 e. The van der Waals surface area contributed by atoms with Crippen LogP contribution in [0.1, 0.15) is 32.9 Å². The lowest BCUT2D eigenvalue weighted by Gasteiger charge is -2.17. The largest absolute Gasteiger partial charge is 0.336 e. The summed E-state index contributed by atoms with van der Waals surface area (Å²) in [6.07, 6.45) is 0. The molecule has 5 nitrogen and oxygen atoms in total. The molecule has 0 bridgehead atoms. The molecule has 1 amide bonds. The molecule has 0 atom stereocenters. The van der Waals surface area contributed by atoms with Gasteiger partial charge in [-0.25, -0.2) is 9.97 Å². The number of carbonyl (C=O) groups excluding carboxylic acids is 1. The van der Waals surface area contributed by atoms with E-state index in [2.05, 4.69) is 21.4 Å². The zero-order valence-corrected chi connectivity index (χ0v) is 16.2. The van der Waals surface area contributed by atoms with Gasteiger partial charge in [-0.15, -0.1) is 0 Å². The number of anilines is 2. The van der Waals surface area contributed by atoms with Crippen molar-refractivity contribution in [3.8, 4) is 0 Å². The number of nitrogens with zero attached hydrogens (tertiary/aromatic N) is 3. The molecular formula is C22H24N4O.